The Kier molecular flexibility index (Phi) is 7.63. The van der Waals surface area contributed by atoms with Gasteiger partial charge in [0.2, 0.25) is 11.8 Å². The van der Waals surface area contributed by atoms with Crippen molar-refractivity contribution in [2.45, 2.75) is 19.4 Å². The predicted molar refractivity (Wildman–Crippen MR) is 101 cm³/mol. The predicted octanol–water partition coefficient (Wildman–Crippen LogP) is 2.13. The first kappa shape index (κ1) is 20.3. The molecule has 2 aromatic carbocycles. The highest BCUT2D eigenvalue weighted by Crippen LogP contribution is 2.22. The van der Waals surface area contributed by atoms with Crippen molar-refractivity contribution in [3.05, 3.63) is 65.2 Å². The van der Waals surface area contributed by atoms with Crippen LogP contribution in [0.1, 0.15) is 24.9 Å². The zero-order valence-corrected chi connectivity index (χ0v) is 15.5. The maximum Gasteiger partial charge on any atom is 0.276 e. The molecule has 1 atom stereocenters. The number of benzene rings is 2. The summed E-state index contributed by atoms with van der Waals surface area (Å²) in [6.45, 7) is 1.07. The molecule has 3 N–H and O–H groups in total. The number of halogens is 1. The first-order valence-corrected chi connectivity index (χ1v) is 8.60. The quantitative estimate of drug-likeness (QED) is 0.632. The van der Waals surface area contributed by atoms with Gasteiger partial charge in [0.05, 0.1) is 17.5 Å². The Labute approximate surface area is 162 Å². The van der Waals surface area contributed by atoms with Gasteiger partial charge in [0.1, 0.15) is 5.75 Å². The molecule has 0 aliphatic rings. The van der Waals surface area contributed by atoms with Crippen LogP contribution in [0.5, 0.6) is 5.75 Å². The van der Waals surface area contributed by atoms with Crippen LogP contribution in [0.2, 0.25) is 5.02 Å². The van der Waals surface area contributed by atoms with E-state index < -0.39 is 17.9 Å². The lowest BCUT2D eigenvalue weighted by atomic mass is 10.0. The molecule has 8 heteroatoms. The molecule has 2 aromatic rings. The molecule has 7 nitrogen and oxygen atoms in total. The summed E-state index contributed by atoms with van der Waals surface area (Å²) in [5, 5.41) is 3.10. The summed E-state index contributed by atoms with van der Waals surface area (Å²) in [4.78, 5) is 35.3. The van der Waals surface area contributed by atoms with Crippen molar-refractivity contribution >= 4 is 29.3 Å². The van der Waals surface area contributed by atoms with Gasteiger partial charge in [-0.05, 0) is 17.7 Å². The number of rotatable bonds is 7. The summed E-state index contributed by atoms with van der Waals surface area (Å²) in [6, 6.07) is 15.3. The van der Waals surface area contributed by atoms with Crippen molar-refractivity contribution < 1.29 is 19.1 Å². The topological polar surface area (TPSA) is 96.5 Å². The molecule has 142 valence electrons. The van der Waals surface area contributed by atoms with Crippen LogP contribution in [-0.2, 0) is 14.4 Å². The highest BCUT2D eigenvalue weighted by molar-refractivity contribution is 6.32. The number of amides is 3. The summed E-state index contributed by atoms with van der Waals surface area (Å²) < 4.78 is 5.28. The maximum absolute atomic E-state index is 12.1. The van der Waals surface area contributed by atoms with Crippen LogP contribution in [0.3, 0.4) is 0 Å². The average Bonchev–Trinajstić information content (AvgIpc) is 2.65. The van der Waals surface area contributed by atoms with Crippen LogP contribution in [0.25, 0.3) is 0 Å². The summed E-state index contributed by atoms with van der Waals surface area (Å²) in [5.41, 5.74) is 5.36. The minimum atomic E-state index is -0.543. The molecule has 0 saturated heterocycles. The number of hydrogen-bond donors (Lipinski definition) is 3. The second kappa shape index (κ2) is 10.2. The first-order chi connectivity index (χ1) is 13.0. The fraction of sp³-hybridized carbons (Fsp3) is 0.211. The minimum Gasteiger partial charge on any atom is -0.482 e. The summed E-state index contributed by atoms with van der Waals surface area (Å²) in [6.07, 6.45) is -0.0325. The van der Waals surface area contributed by atoms with Crippen molar-refractivity contribution in [3.63, 3.8) is 0 Å². The third-order valence-electron chi connectivity index (χ3n) is 3.51. The van der Waals surface area contributed by atoms with Gasteiger partial charge < -0.3 is 10.1 Å². The smallest absolute Gasteiger partial charge is 0.276 e. The summed E-state index contributed by atoms with van der Waals surface area (Å²) in [5.74, 6) is -0.882. The number of para-hydroxylation sites is 1. The number of ether oxygens (including phenoxy) is 1. The van der Waals surface area contributed by atoms with Gasteiger partial charge in [-0.1, -0.05) is 54.1 Å². The Morgan fingerprint density at radius 1 is 0.963 bits per heavy atom. The molecule has 0 fully saturated rings. The molecule has 0 spiro atoms. The van der Waals surface area contributed by atoms with Crippen molar-refractivity contribution in [2.75, 3.05) is 6.61 Å². The van der Waals surface area contributed by atoms with Gasteiger partial charge in [0, 0.05) is 6.92 Å². The first-order valence-electron chi connectivity index (χ1n) is 8.22. The van der Waals surface area contributed by atoms with Crippen molar-refractivity contribution in [3.8, 4) is 5.75 Å². The van der Waals surface area contributed by atoms with E-state index in [1.807, 2.05) is 30.3 Å². The van der Waals surface area contributed by atoms with E-state index in [-0.39, 0.29) is 18.9 Å². The lowest BCUT2D eigenvalue weighted by Gasteiger charge is -2.18. The van der Waals surface area contributed by atoms with E-state index >= 15 is 0 Å². The van der Waals surface area contributed by atoms with Crippen molar-refractivity contribution in [2.24, 2.45) is 0 Å². The van der Waals surface area contributed by atoms with Gasteiger partial charge >= 0.3 is 0 Å². The van der Waals surface area contributed by atoms with Crippen LogP contribution in [-0.4, -0.2) is 24.3 Å². The zero-order valence-electron chi connectivity index (χ0n) is 14.7. The Bertz CT molecular complexity index is 799. The Morgan fingerprint density at radius 3 is 2.26 bits per heavy atom. The van der Waals surface area contributed by atoms with Crippen LogP contribution < -0.4 is 20.9 Å². The molecule has 2 rings (SSSR count). The van der Waals surface area contributed by atoms with Crippen LogP contribution in [0.15, 0.2) is 54.6 Å². The monoisotopic (exact) mass is 389 g/mol. The van der Waals surface area contributed by atoms with Crippen molar-refractivity contribution in [1.29, 1.82) is 0 Å². The molecule has 0 aromatic heterocycles. The number of hydrogen-bond acceptors (Lipinski definition) is 4. The molecular formula is C19H20ClN3O4. The Hall–Kier alpha value is -3.06. The van der Waals surface area contributed by atoms with Crippen LogP contribution in [0.4, 0.5) is 0 Å². The molecule has 27 heavy (non-hydrogen) atoms. The van der Waals surface area contributed by atoms with Crippen molar-refractivity contribution in [1.82, 2.24) is 16.2 Å². The third-order valence-corrected chi connectivity index (χ3v) is 3.82. The molecule has 0 radical (unpaired) electrons. The molecule has 3 amide bonds. The summed E-state index contributed by atoms with van der Waals surface area (Å²) >= 11 is 5.93. The fourth-order valence-corrected chi connectivity index (χ4v) is 2.49. The Balaban J connectivity index is 1.82. The maximum atomic E-state index is 12.1. The van der Waals surface area contributed by atoms with E-state index in [1.54, 1.807) is 24.3 Å². The van der Waals surface area contributed by atoms with E-state index in [2.05, 4.69) is 16.2 Å². The van der Waals surface area contributed by atoms with Gasteiger partial charge in [-0.25, -0.2) is 0 Å². The van der Waals surface area contributed by atoms with Gasteiger partial charge in [-0.3, -0.25) is 25.2 Å². The van der Waals surface area contributed by atoms with Gasteiger partial charge in [0.15, 0.2) is 6.61 Å². The van der Waals surface area contributed by atoms with E-state index in [0.29, 0.717) is 10.8 Å². The standard InChI is InChI=1S/C19H20ClN3O4/c1-13(24)21-16(14-7-3-2-4-8-14)11-18(25)22-23-19(26)12-27-17-10-6-5-9-15(17)20/h2-10,16H,11-12H2,1H3,(H,21,24)(H,22,25)(H,23,26)/t16-/m0/s1. The largest absolute Gasteiger partial charge is 0.482 e. The van der Waals surface area contributed by atoms with E-state index in [4.69, 9.17) is 16.3 Å². The van der Waals surface area contributed by atoms with Crippen LogP contribution >= 0.6 is 11.6 Å². The average molecular weight is 390 g/mol. The second-order valence-corrected chi connectivity index (χ2v) is 6.09. The van der Waals surface area contributed by atoms with Crippen LogP contribution in [0, 0.1) is 0 Å². The minimum absolute atomic E-state index is 0.0325. The number of carbonyl (C=O) groups excluding carboxylic acids is 3. The van der Waals surface area contributed by atoms with Gasteiger partial charge in [0.25, 0.3) is 5.91 Å². The molecule has 0 unspecified atom stereocenters. The number of nitrogens with one attached hydrogen (secondary N) is 3. The highest BCUT2D eigenvalue weighted by atomic mass is 35.5. The number of hydrazine groups is 1. The molecule has 0 aliphatic heterocycles. The van der Waals surface area contributed by atoms with Gasteiger partial charge in [-0.15, -0.1) is 0 Å². The van der Waals surface area contributed by atoms with E-state index in [1.165, 1.54) is 6.92 Å². The fourth-order valence-electron chi connectivity index (χ4n) is 2.30. The normalized spacial score (nSPS) is 11.2. The number of carbonyl (C=O) groups is 3. The molecule has 0 saturated carbocycles. The van der Waals surface area contributed by atoms with Gasteiger partial charge in [-0.2, -0.15) is 0 Å². The molecule has 0 bridgehead atoms. The third kappa shape index (κ3) is 6.99. The second-order valence-electron chi connectivity index (χ2n) is 5.68. The highest BCUT2D eigenvalue weighted by Gasteiger charge is 2.17. The molecule has 0 heterocycles. The SMILES string of the molecule is CC(=O)N[C@@H](CC(=O)NNC(=O)COc1ccccc1Cl)c1ccccc1. The molecular weight excluding hydrogens is 370 g/mol. The lowest BCUT2D eigenvalue weighted by Crippen LogP contribution is -2.45. The molecule has 0 aliphatic carbocycles. The lowest BCUT2D eigenvalue weighted by molar-refractivity contribution is -0.130. The zero-order chi connectivity index (χ0) is 19.6. The van der Waals surface area contributed by atoms with E-state index in [0.717, 1.165) is 5.56 Å². The Morgan fingerprint density at radius 2 is 1.59 bits per heavy atom. The summed E-state index contributed by atoms with van der Waals surface area (Å²) in [7, 11) is 0. The van der Waals surface area contributed by atoms with E-state index in [9.17, 15) is 14.4 Å².